The van der Waals surface area contributed by atoms with Crippen LogP contribution in [0.4, 0.5) is 0 Å². The zero-order valence-electron chi connectivity index (χ0n) is 15.1. The Bertz CT molecular complexity index is 590. The molecule has 132 valence electrons. The summed E-state index contributed by atoms with van der Waals surface area (Å²) >= 11 is 0. The summed E-state index contributed by atoms with van der Waals surface area (Å²) in [6, 6.07) is 7.59. The van der Waals surface area contributed by atoms with Gasteiger partial charge in [-0.05, 0) is 39.7 Å². The summed E-state index contributed by atoms with van der Waals surface area (Å²) in [6.45, 7) is 8.53. The van der Waals surface area contributed by atoms with E-state index in [1.54, 1.807) is 23.6 Å². The molecular formula is C19H28N2O3. The summed E-state index contributed by atoms with van der Waals surface area (Å²) in [5.41, 5.74) is 1.25. The van der Waals surface area contributed by atoms with Gasteiger partial charge in [-0.25, -0.2) is 0 Å². The number of carbonyl (C=O) groups excluding carboxylic acids is 2. The van der Waals surface area contributed by atoms with E-state index in [1.165, 1.54) is 5.56 Å². The Morgan fingerprint density at radius 1 is 1.33 bits per heavy atom. The maximum absolute atomic E-state index is 12.9. The van der Waals surface area contributed by atoms with Crippen LogP contribution in [0.2, 0.25) is 0 Å². The second-order valence-electron chi connectivity index (χ2n) is 7.23. The fourth-order valence-corrected chi connectivity index (χ4v) is 3.10. The summed E-state index contributed by atoms with van der Waals surface area (Å²) in [7, 11) is 0. The summed E-state index contributed by atoms with van der Waals surface area (Å²) in [4.78, 5) is 28.5. The van der Waals surface area contributed by atoms with Crippen LogP contribution >= 0.6 is 0 Å². The number of likely N-dealkylation sites (N-methyl/N-ethyl adjacent to an activating group) is 1. The summed E-state index contributed by atoms with van der Waals surface area (Å²) in [5, 5.41) is 10.0. The van der Waals surface area contributed by atoms with Crippen LogP contribution in [0, 0.1) is 6.92 Å². The maximum atomic E-state index is 12.9. The van der Waals surface area contributed by atoms with Gasteiger partial charge in [0.1, 0.15) is 6.04 Å². The molecule has 1 saturated heterocycles. The first-order valence-corrected chi connectivity index (χ1v) is 8.57. The van der Waals surface area contributed by atoms with E-state index in [0.717, 1.165) is 5.56 Å². The molecular weight excluding hydrogens is 304 g/mol. The minimum Gasteiger partial charge on any atom is -0.389 e. The third-order valence-corrected chi connectivity index (χ3v) is 4.36. The van der Waals surface area contributed by atoms with E-state index in [2.05, 4.69) is 0 Å². The van der Waals surface area contributed by atoms with Crippen LogP contribution in [0.3, 0.4) is 0 Å². The quantitative estimate of drug-likeness (QED) is 0.868. The molecule has 0 bridgehead atoms. The number of likely N-dealkylation sites (tertiary alicyclic amines) is 1. The molecule has 1 atom stereocenters. The predicted molar refractivity (Wildman–Crippen MR) is 93.3 cm³/mol. The normalized spacial score (nSPS) is 18.1. The Labute approximate surface area is 144 Å². The molecule has 1 fully saturated rings. The molecule has 1 heterocycles. The van der Waals surface area contributed by atoms with Crippen LogP contribution in [0.25, 0.3) is 0 Å². The molecule has 0 aliphatic carbocycles. The van der Waals surface area contributed by atoms with Crippen molar-refractivity contribution in [2.45, 2.75) is 58.7 Å². The van der Waals surface area contributed by atoms with Crippen molar-refractivity contribution in [3.63, 3.8) is 0 Å². The third kappa shape index (κ3) is 4.57. The average Bonchev–Trinajstić information content (AvgIpc) is 2.86. The second kappa shape index (κ2) is 7.34. The first kappa shape index (κ1) is 18.5. The highest BCUT2D eigenvalue weighted by Crippen LogP contribution is 2.24. The number of aryl methyl sites for hydroxylation is 1. The van der Waals surface area contributed by atoms with E-state index < -0.39 is 11.6 Å². The van der Waals surface area contributed by atoms with Crippen LogP contribution in [0.1, 0.15) is 44.7 Å². The minimum atomic E-state index is -0.948. The number of aliphatic hydroxyl groups is 1. The molecule has 0 aromatic heterocycles. The van der Waals surface area contributed by atoms with Gasteiger partial charge in [0.25, 0.3) is 0 Å². The number of hydrogen-bond donors (Lipinski definition) is 1. The molecule has 1 aliphatic heterocycles. The lowest BCUT2D eigenvalue weighted by molar-refractivity contribution is -0.143. The number of benzene rings is 1. The number of carbonyl (C=O) groups is 2. The second-order valence-corrected chi connectivity index (χ2v) is 7.23. The SMILES string of the molecule is CCN(CC(C)(C)O)C(=O)C1CCC(=O)N1Cc1ccc(C)cc1. The molecule has 1 aromatic carbocycles. The van der Waals surface area contributed by atoms with E-state index in [1.807, 2.05) is 38.1 Å². The molecule has 2 rings (SSSR count). The molecule has 5 heteroatoms. The number of nitrogens with zero attached hydrogens (tertiary/aromatic N) is 2. The zero-order valence-corrected chi connectivity index (χ0v) is 15.1. The molecule has 1 aliphatic rings. The summed E-state index contributed by atoms with van der Waals surface area (Å²) in [6.07, 6.45) is 0.953. The van der Waals surface area contributed by atoms with E-state index >= 15 is 0 Å². The molecule has 5 nitrogen and oxygen atoms in total. The van der Waals surface area contributed by atoms with Gasteiger partial charge in [-0.2, -0.15) is 0 Å². The van der Waals surface area contributed by atoms with Crippen LogP contribution in [-0.4, -0.2) is 51.5 Å². The molecule has 0 spiro atoms. The van der Waals surface area contributed by atoms with Gasteiger partial charge >= 0.3 is 0 Å². The highest BCUT2D eigenvalue weighted by Gasteiger charge is 2.38. The smallest absolute Gasteiger partial charge is 0.245 e. The lowest BCUT2D eigenvalue weighted by atomic mass is 10.1. The molecule has 0 radical (unpaired) electrons. The van der Waals surface area contributed by atoms with Crippen molar-refractivity contribution in [3.8, 4) is 0 Å². The molecule has 2 amide bonds. The lowest BCUT2D eigenvalue weighted by Crippen LogP contribution is -2.50. The average molecular weight is 332 g/mol. The topological polar surface area (TPSA) is 60.9 Å². The summed E-state index contributed by atoms with van der Waals surface area (Å²) in [5.74, 6) is -0.0502. The largest absolute Gasteiger partial charge is 0.389 e. The van der Waals surface area contributed by atoms with Crippen molar-refractivity contribution in [1.29, 1.82) is 0 Å². The van der Waals surface area contributed by atoms with Gasteiger partial charge in [0.05, 0.1) is 5.60 Å². The van der Waals surface area contributed by atoms with Crippen LogP contribution in [0.5, 0.6) is 0 Å². The van der Waals surface area contributed by atoms with Crippen LogP contribution < -0.4 is 0 Å². The van der Waals surface area contributed by atoms with Crippen molar-refractivity contribution in [3.05, 3.63) is 35.4 Å². The van der Waals surface area contributed by atoms with Crippen molar-refractivity contribution in [2.75, 3.05) is 13.1 Å². The predicted octanol–water partition coefficient (Wildman–Crippen LogP) is 2.11. The zero-order chi connectivity index (χ0) is 17.9. The van der Waals surface area contributed by atoms with E-state index in [0.29, 0.717) is 25.9 Å². The highest BCUT2D eigenvalue weighted by atomic mass is 16.3. The Hall–Kier alpha value is -1.88. The number of hydrogen-bond acceptors (Lipinski definition) is 3. The molecule has 24 heavy (non-hydrogen) atoms. The van der Waals surface area contributed by atoms with Crippen LogP contribution in [0.15, 0.2) is 24.3 Å². The highest BCUT2D eigenvalue weighted by molar-refractivity contribution is 5.91. The van der Waals surface area contributed by atoms with Gasteiger partial charge < -0.3 is 14.9 Å². The standard InChI is InChI=1S/C19H28N2O3/c1-5-20(13-19(3,4)24)18(23)16-10-11-17(22)21(16)12-15-8-6-14(2)7-9-15/h6-9,16,24H,5,10-13H2,1-4H3. The van der Waals surface area contributed by atoms with Gasteiger partial charge in [-0.1, -0.05) is 29.8 Å². The van der Waals surface area contributed by atoms with Gasteiger partial charge in [-0.3, -0.25) is 9.59 Å². The van der Waals surface area contributed by atoms with Crippen molar-refractivity contribution in [2.24, 2.45) is 0 Å². The first-order chi connectivity index (χ1) is 11.2. The monoisotopic (exact) mass is 332 g/mol. The molecule has 0 saturated carbocycles. The molecule has 1 aromatic rings. The fourth-order valence-electron chi connectivity index (χ4n) is 3.10. The van der Waals surface area contributed by atoms with E-state index in [4.69, 9.17) is 0 Å². The fraction of sp³-hybridized carbons (Fsp3) is 0.579. The van der Waals surface area contributed by atoms with Gasteiger partial charge in [0.2, 0.25) is 11.8 Å². The van der Waals surface area contributed by atoms with Crippen molar-refractivity contribution in [1.82, 2.24) is 9.80 Å². The third-order valence-electron chi connectivity index (χ3n) is 4.36. The Morgan fingerprint density at radius 3 is 2.50 bits per heavy atom. The number of amides is 2. The van der Waals surface area contributed by atoms with Crippen LogP contribution in [-0.2, 0) is 16.1 Å². The minimum absolute atomic E-state index is 0.0215. The Morgan fingerprint density at radius 2 is 1.96 bits per heavy atom. The first-order valence-electron chi connectivity index (χ1n) is 8.57. The van der Waals surface area contributed by atoms with E-state index in [9.17, 15) is 14.7 Å². The lowest BCUT2D eigenvalue weighted by Gasteiger charge is -2.33. The van der Waals surface area contributed by atoms with Crippen molar-refractivity contribution < 1.29 is 14.7 Å². The molecule has 1 N–H and O–H groups in total. The van der Waals surface area contributed by atoms with Gasteiger partial charge in [-0.15, -0.1) is 0 Å². The molecule has 1 unspecified atom stereocenters. The summed E-state index contributed by atoms with van der Waals surface area (Å²) < 4.78 is 0. The Balaban J connectivity index is 2.13. The number of rotatable bonds is 6. The maximum Gasteiger partial charge on any atom is 0.245 e. The van der Waals surface area contributed by atoms with Gasteiger partial charge in [0, 0.05) is 26.1 Å². The Kier molecular flexibility index (Phi) is 5.65. The van der Waals surface area contributed by atoms with Gasteiger partial charge in [0.15, 0.2) is 0 Å². The van der Waals surface area contributed by atoms with E-state index in [-0.39, 0.29) is 18.4 Å². The van der Waals surface area contributed by atoms with Crippen molar-refractivity contribution >= 4 is 11.8 Å².